The SMILES string of the molecule is Cc1nc(C2CCCCN2Cc2ccc(C(=O)N(C)C)[nH]2)no1. The fraction of sp³-hybridized carbons (Fsp3) is 0.562. The highest BCUT2D eigenvalue weighted by atomic mass is 16.5. The van der Waals surface area contributed by atoms with Crippen molar-refractivity contribution in [3.8, 4) is 0 Å². The number of likely N-dealkylation sites (tertiary alicyclic amines) is 1. The van der Waals surface area contributed by atoms with E-state index in [-0.39, 0.29) is 11.9 Å². The summed E-state index contributed by atoms with van der Waals surface area (Å²) in [6, 6.07) is 4.00. The lowest BCUT2D eigenvalue weighted by Crippen LogP contribution is -2.33. The third-order valence-corrected chi connectivity index (χ3v) is 4.21. The predicted molar refractivity (Wildman–Crippen MR) is 84.8 cm³/mol. The number of hydrogen-bond donors (Lipinski definition) is 1. The van der Waals surface area contributed by atoms with Crippen LogP contribution >= 0.6 is 0 Å². The first kappa shape index (κ1) is 15.7. The third-order valence-electron chi connectivity index (χ3n) is 4.21. The summed E-state index contributed by atoms with van der Waals surface area (Å²) in [4.78, 5) is 23.5. The van der Waals surface area contributed by atoms with E-state index in [0.29, 0.717) is 11.6 Å². The minimum absolute atomic E-state index is 0.0137. The molecule has 124 valence electrons. The summed E-state index contributed by atoms with van der Waals surface area (Å²) in [6.45, 7) is 3.56. The average Bonchev–Trinajstić information content (AvgIpc) is 3.16. The first-order chi connectivity index (χ1) is 11.0. The Morgan fingerprint density at radius 2 is 2.26 bits per heavy atom. The van der Waals surface area contributed by atoms with E-state index in [4.69, 9.17) is 4.52 Å². The van der Waals surface area contributed by atoms with Crippen molar-refractivity contribution in [1.29, 1.82) is 0 Å². The number of carbonyl (C=O) groups excluding carboxylic acids is 1. The van der Waals surface area contributed by atoms with Crippen molar-refractivity contribution in [1.82, 2.24) is 24.9 Å². The van der Waals surface area contributed by atoms with Crippen molar-refractivity contribution in [2.45, 2.75) is 38.8 Å². The minimum Gasteiger partial charge on any atom is -0.353 e. The highest BCUT2D eigenvalue weighted by molar-refractivity contribution is 5.92. The Hall–Kier alpha value is -2.15. The number of hydrogen-bond acceptors (Lipinski definition) is 5. The average molecular weight is 317 g/mol. The summed E-state index contributed by atoms with van der Waals surface area (Å²) in [6.07, 6.45) is 3.37. The molecule has 1 aliphatic heterocycles. The topological polar surface area (TPSA) is 78.3 Å². The molecule has 3 heterocycles. The summed E-state index contributed by atoms with van der Waals surface area (Å²) < 4.78 is 5.13. The summed E-state index contributed by atoms with van der Waals surface area (Å²) >= 11 is 0. The first-order valence-corrected chi connectivity index (χ1v) is 7.98. The van der Waals surface area contributed by atoms with Gasteiger partial charge in [0.2, 0.25) is 5.89 Å². The molecule has 7 nitrogen and oxygen atoms in total. The largest absolute Gasteiger partial charge is 0.353 e. The predicted octanol–water partition coefficient (Wildman–Crippen LogP) is 2.14. The number of aryl methyl sites for hydroxylation is 1. The monoisotopic (exact) mass is 317 g/mol. The number of aromatic amines is 1. The summed E-state index contributed by atoms with van der Waals surface area (Å²) in [5.41, 5.74) is 1.65. The van der Waals surface area contributed by atoms with E-state index in [9.17, 15) is 4.79 Å². The standard InChI is InChI=1S/C16H23N5O2/c1-11-17-15(19-23-11)14-6-4-5-9-21(14)10-12-7-8-13(18-12)16(22)20(2)3/h7-8,14,18H,4-6,9-10H2,1-3H3. The molecule has 0 aromatic carbocycles. The molecule has 2 aromatic heterocycles. The van der Waals surface area contributed by atoms with Gasteiger partial charge in [0.25, 0.3) is 5.91 Å². The van der Waals surface area contributed by atoms with Gasteiger partial charge in [-0.25, -0.2) is 0 Å². The molecule has 1 unspecified atom stereocenters. The number of aromatic nitrogens is 3. The zero-order valence-corrected chi connectivity index (χ0v) is 13.9. The molecule has 23 heavy (non-hydrogen) atoms. The van der Waals surface area contributed by atoms with Gasteiger partial charge < -0.3 is 14.4 Å². The van der Waals surface area contributed by atoms with Crippen LogP contribution in [0.25, 0.3) is 0 Å². The summed E-state index contributed by atoms with van der Waals surface area (Å²) in [7, 11) is 3.50. The van der Waals surface area contributed by atoms with Crippen LogP contribution in [0.3, 0.4) is 0 Å². The van der Waals surface area contributed by atoms with E-state index in [0.717, 1.165) is 37.4 Å². The summed E-state index contributed by atoms with van der Waals surface area (Å²) in [5.74, 6) is 1.35. The maximum atomic E-state index is 12.0. The molecule has 0 radical (unpaired) electrons. The van der Waals surface area contributed by atoms with Gasteiger partial charge >= 0.3 is 0 Å². The molecule has 1 saturated heterocycles. The van der Waals surface area contributed by atoms with Crippen molar-refractivity contribution >= 4 is 5.91 Å². The van der Waals surface area contributed by atoms with Crippen molar-refractivity contribution in [2.75, 3.05) is 20.6 Å². The normalized spacial score (nSPS) is 19.0. The molecule has 1 aliphatic rings. The Bertz CT molecular complexity index is 676. The molecule has 1 fully saturated rings. The van der Waals surface area contributed by atoms with Gasteiger partial charge in [-0.2, -0.15) is 4.98 Å². The van der Waals surface area contributed by atoms with Gasteiger partial charge in [0.15, 0.2) is 5.82 Å². The van der Waals surface area contributed by atoms with Gasteiger partial charge in [0, 0.05) is 33.3 Å². The van der Waals surface area contributed by atoms with E-state index in [1.165, 1.54) is 6.42 Å². The molecule has 1 N–H and O–H groups in total. The zero-order valence-electron chi connectivity index (χ0n) is 13.9. The molecule has 2 aromatic rings. The number of piperidine rings is 1. The number of carbonyl (C=O) groups is 1. The van der Waals surface area contributed by atoms with E-state index in [1.807, 2.05) is 19.1 Å². The van der Waals surface area contributed by atoms with Crippen LogP contribution in [0.4, 0.5) is 0 Å². The smallest absolute Gasteiger partial charge is 0.269 e. The van der Waals surface area contributed by atoms with Gasteiger partial charge in [0.05, 0.1) is 6.04 Å². The molecule has 0 saturated carbocycles. The van der Waals surface area contributed by atoms with Crippen molar-refractivity contribution in [3.63, 3.8) is 0 Å². The minimum atomic E-state index is -0.0137. The molecular formula is C16H23N5O2. The van der Waals surface area contributed by atoms with Crippen molar-refractivity contribution in [3.05, 3.63) is 35.2 Å². The highest BCUT2D eigenvalue weighted by Crippen LogP contribution is 2.30. The van der Waals surface area contributed by atoms with Gasteiger partial charge in [-0.1, -0.05) is 11.6 Å². The highest BCUT2D eigenvalue weighted by Gasteiger charge is 2.28. The van der Waals surface area contributed by atoms with E-state index >= 15 is 0 Å². The molecule has 1 amide bonds. The second-order valence-corrected chi connectivity index (χ2v) is 6.25. The van der Waals surface area contributed by atoms with E-state index in [2.05, 4.69) is 20.0 Å². The van der Waals surface area contributed by atoms with Crippen LogP contribution in [-0.2, 0) is 6.54 Å². The van der Waals surface area contributed by atoms with Crippen LogP contribution in [0.15, 0.2) is 16.7 Å². The van der Waals surface area contributed by atoms with Crippen LogP contribution in [0.1, 0.15) is 53.2 Å². The Morgan fingerprint density at radius 1 is 1.43 bits per heavy atom. The number of H-pyrrole nitrogens is 1. The van der Waals surface area contributed by atoms with Crippen molar-refractivity contribution < 1.29 is 9.32 Å². The van der Waals surface area contributed by atoms with Gasteiger partial charge in [0.1, 0.15) is 5.69 Å². The van der Waals surface area contributed by atoms with Crippen LogP contribution in [0.5, 0.6) is 0 Å². The van der Waals surface area contributed by atoms with Crippen molar-refractivity contribution in [2.24, 2.45) is 0 Å². The number of nitrogens with one attached hydrogen (secondary N) is 1. The molecule has 0 aliphatic carbocycles. The van der Waals surface area contributed by atoms with Crippen LogP contribution < -0.4 is 0 Å². The van der Waals surface area contributed by atoms with Crippen LogP contribution in [-0.4, -0.2) is 51.5 Å². The van der Waals surface area contributed by atoms with Gasteiger partial charge in [-0.15, -0.1) is 0 Å². The third kappa shape index (κ3) is 3.44. The molecular weight excluding hydrogens is 294 g/mol. The molecule has 3 rings (SSSR count). The van der Waals surface area contributed by atoms with E-state index < -0.39 is 0 Å². The number of amides is 1. The zero-order chi connectivity index (χ0) is 16.4. The first-order valence-electron chi connectivity index (χ1n) is 7.98. The molecule has 1 atom stereocenters. The number of rotatable bonds is 4. The number of nitrogens with zero attached hydrogens (tertiary/aromatic N) is 4. The summed E-state index contributed by atoms with van der Waals surface area (Å²) in [5, 5.41) is 4.09. The van der Waals surface area contributed by atoms with E-state index in [1.54, 1.807) is 19.0 Å². The Labute approximate surface area is 135 Å². The molecule has 0 bridgehead atoms. The lowest BCUT2D eigenvalue weighted by Gasteiger charge is -2.33. The van der Waals surface area contributed by atoms with Gasteiger partial charge in [-0.05, 0) is 31.5 Å². The Balaban J connectivity index is 1.73. The second kappa shape index (κ2) is 6.54. The molecule has 7 heteroatoms. The Morgan fingerprint density at radius 3 is 2.96 bits per heavy atom. The lowest BCUT2D eigenvalue weighted by molar-refractivity contribution is 0.0822. The fourth-order valence-corrected chi connectivity index (χ4v) is 3.04. The Kier molecular flexibility index (Phi) is 4.47. The quantitative estimate of drug-likeness (QED) is 0.934. The molecule has 0 spiro atoms. The maximum absolute atomic E-state index is 12.0. The fourth-order valence-electron chi connectivity index (χ4n) is 3.04. The van der Waals surface area contributed by atoms with Crippen LogP contribution in [0.2, 0.25) is 0 Å². The van der Waals surface area contributed by atoms with Gasteiger partial charge in [-0.3, -0.25) is 9.69 Å². The van der Waals surface area contributed by atoms with Crippen LogP contribution in [0, 0.1) is 6.92 Å². The lowest BCUT2D eigenvalue weighted by atomic mass is 10.0. The second-order valence-electron chi connectivity index (χ2n) is 6.25. The maximum Gasteiger partial charge on any atom is 0.269 e.